The van der Waals surface area contributed by atoms with Crippen molar-refractivity contribution in [2.24, 2.45) is 0 Å². The smallest absolute Gasteiger partial charge is 0.413 e. The predicted molar refractivity (Wildman–Crippen MR) is 167 cm³/mol. The van der Waals surface area contributed by atoms with Crippen molar-refractivity contribution in [2.45, 2.75) is 84.3 Å². The van der Waals surface area contributed by atoms with Gasteiger partial charge in [-0.3, -0.25) is 5.32 Å². The van der Waals surface area contributed by atoms with Crippen molar-refractivity contribution in [2.75, 3.05) is 29.9 Å². The molecule has 0 radical (unpaired) electrons. The lowest BCUT2D eigenvalue weighted by Gasteiger charge is -2.42. The molecule has 1 fully saturated rings. The molecule has 1 unspecified atom stereocenters. The average molecular weight is 642 g/mol. The van der Waals surface area contributed by atoms with E-state index in [4.69, 9.17) is 25.8 Å². The van der Waals surface area contributed by atoms with Gasteiger partial charge in [-0.2, -0.15) is 5.26 Å². The fourth-order valence-corrected chi connectivity index (χ4v) is 6.32. The molecule has 2 aromatic heterocycles. The molecule has 0 saturated carbocycles. The van der Waals surface area contributed by atoms with Gasteiger partial charge >= 0.3 is 12.2 Å². The van der Waals surface area contributed by atoms with E-state index in [0.717, 1.165) is 27.0 Å². The highest BCUT2D eigenvalue weighted by Gasteiger charge is 2.36. The van der Waals surface area contributed by atoms with Crippen LogP contribution >= 0.6 is 22.9 Å². The Balaban J connectivity index is 1.36. The number of nitrogens with zero attached hydrogens (tertiary/aromatic N) is 6. The third-order valence-corrected chi connectivity index (χ3v) is 8.10. The van der Waals surface area contributed by atoms with Crippen LogP contribution in [-0.4, -0.2) is 68.9 Å². The molecule has 0 bridgehead atoms. The van der Waals surface area contributed by atoms with E-state index >= 15 is 0 Å². The van der Waals surface area contributed by atoms with Crippen LogP contribution in [0, 0.1) is 11.3 Å². The third-order valence-electron chi connectivity index (χ3n) is 6.99. The fraction of sp³-hybridized carbons (Fsp3) is 0.533. The monoisotopic (exact) mass is 641 g/mol. The summed E-state index contributed by atoms with van der Waals surface area (Å²) in [5.74, 6) is 0.640. The van der Waals surface area contributed by atoms with Crippen LogP contribution in [0.15, 0.2) is 18.2 Å². The van der Waals surface area contributed by atoms with Crippen molar-refractivity contribution in [1.82, 2.24) is 19.9 Å². The van der Waals surface area contributed by atoms with Crippen LogP contribution in [0.4, 0.5) is 20.5 Å². The van der Waals surface area contributed by atoms with Gasteiger partial charge in [0.05, 0.1) is 47.2 Å². The molecule has 5 rings (SSSR count). The Kier molecular flexibility index (Phi) is 8.89. The van der Waals surface area contributed by atoms with Gasteiger partial charge in [0, 0.05) is 37.2 Å². The summed E-state index contributed by atoms with van der Waals surface area (Å²) in [7, 11) is 0. The van der Waals surface area contributed by atoms with E-state index in [1.807, 2.05) is 43.9 Å². The lowest BCUT2D eigenvalue weighted by Crippen LogP contribution is -2.56. The minimum atomic E-state index is -0.641. The van der Waals surface area contributed by atoms with Crippen molar-refractivity contribution in [1.29, 1.82) is 5.26 Å². The van der Waals surface area contributed by atoms with Gasteiger partial charge in [0.25, 0.3) is 0 Å². The number of para-hydroxylation sites is 1. The molecule has 12 nitrogen and oxygen atoms in total. The Morgan fingerprint density at radius 2 is 1.89 bits per heavy atom. The molecule has 4 heterocycles. The van der Waals surface area contributed by atoms with E-state index in [1.54, 1.807) is 25.7 Å². The van der Waals surface area contributed by atoms with Gasteiger partial charge in [0.1, 0.15) is 17.0 Å². The molecule has 1 aromatic carbocycles. The number of hydrogen-bond donors (Lipinski definition) is 1. The molecule has 44 heavy (non-hydrogen) atoms. The number of ether oxygens (including phenoxy) is 3. The van der Waals surface area contributed by atoms with Crippen molar-refractivity contribution in [3.05, 3.63) is 40.3 Å². The molecule has 0 spiro atoms. The summed E-state index contributed by atoms with van der Waals surface area (Å²) in [6.45, 7) is 12.3. The lowest BCUT2D eigenvalue weighted by atomic mass is 9.98. The van der Waals surface area contributed by atoms with E-state index in [1.165, 1.54) is 11.3 Å². The molecular formula is C30H36ClN7O5S. The Hall–Kier alpha value is -3.73. The zero-order valence-corrected chi connectivity index (χ0v) is 27.2. The minimum Gasteiger partial charge on any atom is -0.444 e. The van der Waals surface area contributed by atoms with E-state index < -0.39 is 23.4 Å². The molecule has 2 atom stereocenters. The van der Waals surface area contributed by atoms with Crippen molar-refractivity contribution < 1.29 is 23.8 Å². The zero-order chi connectivity index (χ0) is 31.8. The molecule has 3 aromatic rings. The first kappa shape index (κ1) is 31.7. The largest absolute Gasteiger partial charge is 0.444 e. The van der Waals surface area contributed by atoms with Crippen LogP contribution < -0.4 is 10.2 Å². The summed E-state index contributed by atoms with van der Waals surface area (Å²) in [6.07, 6.45) is -0.764. The van der Waals surface area contributed by atoms with E-state index in [-0.39, 0.29) is 30.5 Å². The van der Waals surface area contributed by atoms with E-state index in [2.05, 4.69) is 26.3 Å². The number of anilines is 2. The Morgan fingerprint density at radius 3 is 2.59 bits per heavy atom. The molecule has 2 amide bonds. The molecule has 14 heteroatoms. The lowest BCUT2D eigenvalue weighted by molar-refractivity contribution is 0.0140. The number of aromatic nitrogens is 3. The van der Waals surface area contributed by atoms with Gasteiger partial charge in [-0.1, -0.05) is 23.5 Å². The highest BCUT2D eigenvalue weighted by molar-refractivity contribution is 7.22. The molecular weight excluding hydrogens is 606 g/mol. The van der Waals surface area contributed by atoms with Crippen LogP contribution in [-0.2, 0) is 27.2 Å². The van der Waals surface area contributed by atoms with Crippen molar-refractivity contribution >= 4 is 56.3 Å². The summed E-state index contributed by atoms with van der Waals surface area (Å²) in [6, 6.07) is 7.66. The van der Waals surface area contributed by atoms with Gasteiger partial charge < -0.3 is 24.0 Å². The quantitative estimate of drug-likeness (QED) is 0.325. The molecule has 0 aliphatic carbocycles. The van der Waals surface area contributed by atoms with Gasteiger partial charge in [-0.05, 0) is 59.2 Å². The second-order valence-corrected chi connectivity index (χ2v) is 14.1. The van der Waals surface area contributed by atoms with Gasteiger partial charge in [0.15, 0.2) is 5.13 Å². The Bertz CT molecular complexity index is 1610. The number of hydrogen-bond acceptors (Lipinski definition) is 11. The predicted octanol–water partition coefficient (Wildman–Crippen LogP) is 6.24. The maximum absolute atomic E-state index is 12.9. The van der Waals surface area contributed by atoms with Crippen LogP contribution in [0.3, 0.4) is 0 Å². The number of nitriles is 1. The topological polar surface area (TPSA) is 143 Å². The number of amides is 2. The standard InChI is InChI=1S/C30H36ClN7O5S/c1-29(2,3)42-27(39)36-26-34-23-18(8-7-9-22(23)44-26)21-14-20-19(16-41-21)24(35-25(31)33-20)37-12-13-38(17(15-37)10-11-32)28(40)43-30(4,5)6/h7-9,17,21H,10,12-16H2,1-6H3,(H,34,36,39)/t17-,21?/m0/s1. The summed E-state index contributed by atoms with van der Waals surface area (Å²) >= 11 is 7.80. The zero-order valence-electron chi connectivity index (χ0n) is 25.6. The van der Waals surface area contributed by atoms with E-state index in [0.29, 0.717) is 37.0 Å². The van der Waals surface area contributed by atoms with E-state index in [9.17, 15) is 14.9 Å². The fourth-order valence-electron chi connectivity index (χ4n) is 5.25. The number of carbonyl (C=O) groups is 2. The molecule has 1 saturated heterocycles. The van der Waals surface area contributed by atoms with Gasteiger partial charge in [-0.25, -0.2) is 24.5 Å². The molecule has 234 valence electrons. The number of nitrogens with one attached hydrogen (secondary N) is 1. The number of thiazole rings is 1. The van der Waals surface area contributed by atoms with Gasteiger partial charge in [-0.15, -0.1) is 0 Å². The number of benzene rings is 1. The van der Waals surface area contributed by atoms with Crippen LogP contribution in [0.2, 0.25) is 5.28 Å². The first-order chi connectivity index (χ1) is 20.7. The number of halogens is 1. The maximum Gasteiger partial charge on any atom is 0.413 e. The normalized spacial score (nSPS) is 18.9. The van der Waals surface area contributed by atoms with Crippen molar-refractivity contribution in [3.63, 3.8) is 0 Å². The summed E-state index contributed by atoms with van der Waals surface area (Å²) < 4.78 is 18.2. The van der Waals surface area contributed by atoms with Crippen molar-refractivity contribution in [3.8, 4) is 6.07 Å². The van der Waals surface area contributed by atoms with Gasteiger partial charge in [0.2, 0.25) is 5.28 Å². The number of fused-ring (bicyclic) bond motifs is 2. The SMILES string of the molecule is CC(C)(C)OC(=O)Nc1nc2c(C3Cc4nc(Cl)nc(N5CCN(C(=O)OC(C)(C)C)[C@@H](CC#N)C5)c4CO3)cccc2s1. The average Bonchev–Trinajstić information content (AvgIpc) is 3.32. The Morgan fingerprint density at radius 1 is 1.14 bits per heavy atom. The first-order valence-corrected chi connectivity index (χ1v) is 15.6. The van der Waals surface area contributed by atoms with Crippen LogP contribution in [0.25, 0.3) is 10.2 Å². The number of rotatable bonds is 4. The number of piperazine rings is 1. The molecule has 2 aliphatic rings. The summed E-state index contributed by atoms with van der Waals surface area (Å²) in [5.41, 5.74) is 1.93. The highest BCUT2D eigenvalue weighted by Crippen LogP contribution is 2.39. The summed E-state index contributed by atoms with van der Waals surface area (Å²) in [4.78, 5) is 42.7. The van der Waals surface area contributed by atoms with Crippen LogP contribution in [0.1, 0.15) is 70.9 Å². The number of carbonyl (C=O) groups excluding carboxylic acids is 2. The molecule has 1 N–H and O–H groups in total. The Labute approximate surface area is 265 Å². The summed E-state index contributed by atoms with van der Waals surface area (Å²) in [5, 5.41) is 12.8. The molecule has 2 aliphatic heterocycles. The third kappa shape index (κ3) is 7.31. The second-order valence-electron chi connectivity index (χ2n) is 12.7. The maximum atomic E-state index is 12.9. The minimum absolute atomic E-state index is 0.113. The second kappa shape index (κ2) is 12.3. The van der Waals surface area contributed by atoms with Crippen LogP contribution in [0.5, 0.6) is 0 Å². The highest BCUT2D eigenvalue weighted by atomic mass is 35.5. The first-order valence-electron chi connectivity index (χ1n) is 14.4.